The molecule has 0 radical (unpaired) electrons. The molecule has 1 saturated carbocycles. The van der Waals surface area contributed by atoms with Gasteiger partial charge in [-0.05, 0) is 25.3 Å². The molecule has 1 aliphatic carbocycles. The number of hydrogen-bond donors (Lipinski definition) is 4. The lowest BCUT2D eigenvalue weighted by atomic mass is 9.66. The maximum Gasteiger partial charge on any atom is 0.465 e. The topological polar surface area (TPSA) is 85.3 Å². The number of hydrazone groups is 1. The minimum Gasteiger partial charge on any atom is -0.428 e. The Morgan fingerprint density at radius 3 is 3.17 bits per heavy atom. The van der Waals surface area contributed by atoms with Crippen molar-refractivity contribution in [3.05, 3.63) is 24.0 Å². The van der Waals surface area contributed by atoms with Gasteiger partial charge in [0, 0.05) is 46.5 Å². The molecule has 4 N–H and O–H groups in total. The van der Waals surface area contributed by atoms with Crippen molar-refractivity contribution in [1.29, 1.82) is 0 Å². The van der Waals surface area contributed by atoms with E-state index in [0.717, 1.165) is 46.4 Å². The molecule has 1 fully saturated rings. The van der Waals surface area contributed by atoms with Gasteiger partial charge in [0.1, 0.15) is 5.65 Å². The Kier molecular flexibility index (Phi) is 4.04. The molecule has 3 heterocycles. The van der Waals surface area contributed by atoms with Gasteiger partial charge in [-0.1, -0.05) is 18.9 Å². The molecule has 4 rings (SSSR count). The average Bonchev–Trinajstić information content (AvgIpc) is 2.99. The van der Waals surface area contributed by atoms with Crippen LogP contribution < -0.4 is 15.5 Å². The number of aromatic amines is 1. The number of rotatable bonds is 5. The van der Waals surface area contributed by atoms with Gasteiger partial charge in [0.15, 0.2) is 0 Å². The predicted octanol–water partition coefficient (Wildman–Crippen LogP) is 0.984. The smallest absolute Gasteiger partial charge is 0.428 e. The third-order valence-electron chi connectivity index (χ3n) is 4.55. The molecule has 1 aliphatic heterocycles. The highest BCUT2D eigenvalue weighted by Crippen LogP contribution is 2.34. The van der Waals surface area contributed by atoms with Crippen molar-refractivity contribution < 1.29 is 5.02 Å². The molecule has 0 unspecified atom stereocenters. The number of fused-ring (bicyclic) bond motifs is 3. The highest BCUT2D eigenvalue weighted by atomic mass is 32.2. The normalized spacial score (nSPS) is 23.2. The third kappa shape index (κ3) is 2.64. The van der Waals surface area contributed by atoms with Crippen LogP contribution in [0.5, 0.6) is 0 Å². The van der Waals surface area contributed by atoms with Gasteiger partial charge in [-0.3, -0.25) is 4.72 Å². The fraction of sp³-hybridized carbons (Fsp3) is 0.467. The summed E-state index contributed by atoms with van der Waals surface area (Å²) in [5.74, 6) is 1.57. The Morgan fingerprint density at radius 2 is 2.35 bits per heavy atom. The summed E-state index contributed by atoms with van der Waals surface area (Å²) in [5.41, 5.74) is 3.76. The molecule has 0 amide bonds. The van der Waals surface area contributed by atoms with E-state index in [-0.39, 0.29) is 0 Å². The van der Waals surface area contributed by atoms with E-state index in [2.05, 4.69) is 32.1 Å². The Bertz CT molecular complexity index is 743. The van der Waals surface area contributed by atoms with E-state index >= 15 is 0 Å². The third-order valence-corrected chi connectivity index (χ3v) is 5.67. The summed E-state index contributed by atoms with van der Waals surface area (Å²) in [5, 5.41) is 18.5. The molecular formula is C15H20BN5OS. The zero-order chi connectivity index (χ0) is 15.8. The van der Waals surface area contributed by atoms with Crippen LogP contribution in [0.2, 0.25) is 0 Å². The molecule has 2 aromatic rings. The molecule has 0 atom stereocenters. The highest BCUT2D eigenvalue weighted by molar-refractivity contribution is 7.97. The van der Waals surface area contributed by atoms with Crippen molar-refractivity contribution in [2.24, 2.45) is 11.0 Å². The number of nitrogens with one attached hydrogen (secondary N) is 3. The lowest BCUT2D eigenvalue weighted by Crippen LogP contribution is -2.52. The zero-order valence-corrected chi connectivity index (χ0v) is 13.9. The molecular weight excluding hydrogens is 309 g/mol. The molecule has 0 spiro atoms. The van der Waals surface area contributed by atoms with Crippen LogP contribution >= 0.6 is 11.9 Å². The van der Waals surface area contributed by atoms with Crippen molar-refractivity contribution in [1.82, 2.24) is 20.0 Å². The SMILES string of the molecule is CCCSN[C@H]1C[C@@H](C2=NNB(O)c3cnc4[nH]ccc4c32)C1. The van der Waals surface area contributed by atoms with Crippen molar-refractivity contribution in [3.63, 3.8) is 0 Å². The summed E-state index contributed by atoms with van der Waals surface area (Å²) < 4.78 is 3.53. The summed E-state index contributed by atoms with van der Waals surface area (Å²) in [6, 6.07) is 2.57. The van der Waals surface area contributed by atoms with Crippen LogP contribution in [0.1, 0.15) is 31.7 Å². The first-order chi connectivity index (χ1) is 11.3. The predicted molar refractivity (Wildman–Crippen MR) is 95.8 cm³/mol. The lowest BCUT2D eigenvalue weighted by Gasteiger charge is -2.38. The van der Waals surface area contributed by atoms with Crippen LogP contribution in [-0.4, -0.2) is 39.5 Å². The summed E-state index contributed by atoms with van der Waals surface area (Å²) >= 11 is 1.82. The fourth-order valence-corrected chi connectivity index (χ4v) is 4.03. The summed E-state index contributed by atoms with van der Waals surface area (Å²) in [6.07, 6.45) is 6.98. The van der Waals surface area contributed by atoms with Crippen LogP contribution in [0.4, 0.5) is 0 Å². The summed E-state index contributed by atoms with van der Waals surface area (Å²) in [4.78, 5) is 7.52. The first kappa shape index (κ1) is 15.0. The van der Waals surface area contributed by atoms with Gasteiger partial charge in [-0.25, -0.2) is 4.98 Å². The number of pyridine rings is 1. The average molecular weight is 329 g/mol. The van der Waals surface area contributed by atoms with Gasteiger partial charge in [-0.2, -0.15) is 5.10 Å². The van der Waals surface area contributed by atoms with E-state index in [4.69, 9.17) is 0 Å². The van der Waals surface area contributed by atoms with E-state index in [0.29, 0.717) is 12.0 Å². The van der Waals surface area contributed by atoms with Gasteiger partial charge >= 0.3 is 7.05 Å². The maximum atomic E-state index is 10.2. The highest BCUT2D eigenvalue weighted by Gasteiger charge is 2.38. The van der Waals surface area contributed by atoms with Crippen LogP contribution in [0.25, 0.3) is 11.0 Å². The Hall–Kier alpha value is -1.51. The zero-order valence-electron chi connectivity index (χ0n) is 13.0. The first-order valence-corrected chi connectivity index (χ1v) is 9.11. The minimum absolute atomic E-state index is 0.425. The number of aromatic nitrogens is 2. The quantitative estimate of drug-likeness (QED) is 0.373. The summed E-state index contributed by atoms with van der Waals surface area (Å²) in [7, 11) is -0.783. The van der Waals surface area contributed by atoms with Crippen LogP contribution in [-0.2, 0) is 0 Å². The Morgan fingerprint density at radius 1 is 1.48 bits per heavy atom. The van der Waals surface area contributed by atoms with Crippen LogP contribution in [0.15, 0.2) is 23.6 Å². The molecule has 6 nitrogen and oxygen atoms in total. The lowest BCUT2D eigenvalue weighted by molar-refractivity contribution is 0.326. The van der Waals surface area contributed by atoms with Gasteiger partial charge in [-0.15, -0.1) is 0 Å². The minimum atomic E-state index is -0.783. The van der Waals surface area contributed by atoms with E-state index in [9.17, 15) is 5.02 Å². The monoisotopic (exact) mass is 329 g/mol. The van der Waals surface area contributed by atoms with Crippen LogP contribution in [0.3, 0.4) is 0 Å². The van der Waals surface area contributed by atoms with Gasteiger partial charge in [0.2, 0.25) is 0 Å². The molecule has 120 valence electrons. The number of nitrogens with zero attached hydrogens (tertiary/aromatic N) is 2. The molecule has 2 aromatic heterocycles. The second kappa shape index (κ2) is 6.18. The van der Waals surface area contributed by atoms with E-state index < -0.39 is 7.05 Å². The molecule has 8 heteroatoms. The van der Waals surface area contributed by atoms with E-state index in [1.54, 1.807) is 6.20 Å². The maximum absolute atomic E-state index is 10.2. The molecule has 0 saturated heterocycles. The van der Waals surface area contributed by atoms with Gasteiger partial charge in [0.05, 0.1) is 5.71 Å². The fourth-order valence-electron chi connectivity index (χ4n) is 3.28. The Balaban J connectivity index is 1.57. The summed E-state index contributed by atoms with van der Waals surface area (Å²) in [6.45, 7) is 2.19. The molecule has 0 bridgehead atoms. The molecule has 0 aromatic carbocycles. The van der Waals surface area contributed by atoms with Crippen molar-refractivity contribution in [3.8, 4) is 0 Å². The van der Waals surface area contributed by atoms with Crippen molar-refractivity contribution in [2.75, 3.05) is 5.75 Å². The van der Waals surface area contributed by atoms with E-state index in [1.807, 2.05) is 24.2 Å². The van der Waals surface area contributed by atoms with E-state index in [1.165, 1.54) is 6.42 Å². The largest absolute Gasteiger partial charge is 0.465 e. The standard InChI is InChI=1S/C15H20BN5OS/c1-2-5-23-20-10-6-9(7-10)14-13-11-3-4-17-15(11)18-8-12(13)16(22)21-19-14/h3-4,8-10,20-22H,2,5-7H2,1H3,(H,17,18)/t9-,10+. The number of H-pyrrole nitrogens is 1. The van der Waals surface area contributed by atoms with Crippen molar-refractivity contribution >= 4 is 41.2 Å². The second-order valence-corrected chi connectivity index (χ2v) is 7.12. The molecule has 23 heavy (non-hydrogen) atoms. The van der Waals surface area contributed by atoms with Crippen LogP contribution in [0, 0.1) is 5.92 Å². The van der Waals surface area contributed by atoms with Crippen molar-refractivity contribution in [2.45, 2.75) is 32.2 Å². The number of hydrogen-bond acceptors (Lipinski definition) is 6. The molecule has 2 aliphatic rings. The second-order valence-electron chi connectivity index (χ2n) is 6.19. The first-order valence-electron chi connectivity index (χ1n) is 8.12. The van der Waals surface area contributed by atoms with Gasteiger partial charge < -0.3 is 15.3 Å². The van der Waals surface area contributed by atoms with Gasteiger partial charge in [0.25, 0.3) is 0 Å². The Labute approximate surface area is 139 Å².